The van der Waals surface area contributed by atoms with Crippen molar-refractivity contribution in [2.75, 3.05) is 11.1 Å². The van der Waals surface area contributed by atoms with Gasteiger partial charge in [-0.2, -0.15) is 0 Å². The summed E-state index contributed by atoms with van der Waals surface area (Å²) in [4.78, 5) is 12.5. The summed E-state index contributed by atoms with van der Waals surface area (Å²) >= 11 is 1.35. The Balaban J connectivity index is 1.65. The highest BCUT2D eigenvalue weighted by Crippen LogP contribution is 2.23. The Morgan fingerprint density at radius 3 is 2.81 bits per heavy atom. The molecule has 1 N–H and O–H groups in total. The predicted octanol–water partition coefficient (Wildman–Crippen LogP) is 4.95. The van der Waals surface area contributed by atoms with Crippen LogP contribution in [-0.4, -0.2) is 26.4 Å². The van der Waals surface area contributed by atoms with Gasteiger partial charge in [-0.25, -0.2) is 0 Å². The molecule has 0 aliphatic heterocycles. The number of allylic oxidation sites excluding steroid dienone is 1. The molecule has 0 aliphatic rings. The molecule has 1 aromatic heterocycles. The molecule has 31 heavy (non-hydrogen) atoms. The molecule has 0 unspecified atom stereocenters. The van der Waals surface area contributed by atoms with E-state index < -0.39 is 0 Å². The number of aryl methyl sites for hydroxylation is 3. The first-order valence-corrected chi connectivity index (χ1v) is 11.2. The van der Waals surface area contributed by atoms with Crippen LogP contribution in [0.15, 0.2) is 60.3 Å². The van der Waals surface area contributed by atoms with E-state index in [9.17, 15) is 4.79 Å². The standard InChI is InChI=1S/C24H28N4O2S/c1-5-13-28-22(15-30-21-14-17(3)11-12-18(21)4)26-27-24(28)31-16-23(29)25-20-10-8-7-9-19(20)6-2/h5,7-12,14H,1,6,13,15-16H2,2-4H3,(H,25,29). The summed E-state index contributed by atoms with van der Waals surface area (Å²) in [5.41, 5.74) is 4.17. The molecule has 0 saturated heterocycles. The minimum atomic E-state index is -0.0766. The van der Waals surface area contributed by atoms with E-state index in [0.29, 0.717) is 24.1 Å². The maximum atomic E-state index is 12.5. The molecular formula is C24H28N4O2S. The van der Waals surface area contributed by atoms with E-state index in [-0.39, 0.29) is 11.7 Å². The Labute approximate surface area is 187 Å². The number of ether oxygens (including phenoxy) is 1. The SMILES string of the molecule is C=CCn1c(COc2cc(C)ccc2C)nnc1SCC(=O)Nc1ccccc1CC. The third-order valence-corrected chi connectivity index (χ3v) is 5.78. The third kappa shape index (κ3) is 5.98. The monoisotopic (exact) mass is 436 g/mol. The first-order chi connectivity index (χ1) is 15.0. The van der Waals surface area contributed by atoms with Gasteiger partial charge in [-0.05, 0) is 49.1 Å². The Morgan fingerprint density at radius 1 is 1.23 bits per heavy atom. The summed E-state index contributed by atoms with van der Waals surface area (Å²) in [6.07, 6.45) is 2.65. The first kappa shape index (κ1) is 22.6. The van der Waals surface area contributed by atoms with E-state index in [1.165, 1.54) is 11.8 Å². The van der Waals surface area contributed by atoms with Crippen molar-refractivity contribution in [2.45, 2.75) is 45.5 Å². The number of carbonyl (C=O) groups excluding carboxylic acids is 1. The molecular weight excluding hydrogens is 408 g/mol. The number of carbonyl (C=O) groups is 1. The van der Waals surface area contributed by atoms with Gasteiger partial charge < -0.3 is 10.1 Å². The van der Waals surface area contributed by atoms with E-state index in [1.54, 1.807) is 6.08 Å². The average Bonchev–Trinajstić information content (AvgIpc) is 3.15. The lowest BCUT2D eigenvalue weighted by molar-refractivity contribution is -0.113. The Kier molecular flexibility index (Phi) is 7.89. The van der Waals surface area contributed by atoms with Crippen LogP contribution in [0, 0.1) is 13.8 Å². The van der Waals surface area contributed by atoms with Crippen LogP contribution < -0.4 is 10.1 Å². The number of nitrogens with one attached hydrogen (secondary N) is 1. The van der Waals surface area contributed by atoms with Crippen LogP contribution >= 0.6 is 11.8 Å². The smallest absolute Gasteiger partial charge is 0.234 e. The lowest BCUT2D eigenvalue weighted by Gasteiger charge is -2.12. The molecule has 0 radical (unpaired) electrons. The minimum absolute atomic E-state index is 0.0766. The Morgan fingerprint density at radius 2 is 2.03 bits per heavy atom. The largest absolute Gasteiger partial charge is 0.485 e. The number of hydrogen-bond donors (Lipinski definition) is 1. The van der Waals surface area contributed by atoms with Gasteiger partial charge >= 0.3 is 0 Å². The van der Waals surface area contributed by atoms with Crippen LogP contribution in [0.3, 0.4) is 0 Å². The van der Waals surface area contributed by atoms with Gasteiger partial charge in [-0.3, -0.25) is 9.36 Å². The zero-order valence-electron chi connectivity index (χ0n) is 18.2. The van der Waals surface area contributed by atoms with Crippen LogP contribution in [0.2, 0.25) is 0 Å². The topological polar surface area (TPSA) is 69.0 Å². The van der Waals surface area contributed by atoms with Gasteiger partial charge in [0.1, 0.15) is 12.4 Å². The molecule has 0 aliphatic carbocycles. The highest BCUT2D eigenvalue weighted by molar-refractivity contribution is 7.99. The summed E-state index contributed by atoms with van der Waals surface area (Å²) in [5.74, 6) is 1.69. The first-order valence-electron chi connectivity index (χ1n) is 10.3. The van der Waals surface area contributed by atoms with Crippen molar-refractivity contribution in [3.05, 3.63) is 77.6 Å². The summed E-state index contributed by atoms with van der Waals surface area (Å²) < 4.78 is 7.91. The number of benzene rings is 2. The molecule has 162 valence electrons. The van der Waals surface area contributed by atoms with E-state index in [4.69, 9.17) is 4.74 Å². The maximum Gasteiger partial charge on any atom is 0.234 e. The second kappa shape index (κ2) is 10.8. The van der Waals surface area contributed by atoms with Crippen LogP contribution in [0.5, 0.6) is 5.75 Å². The van der Waals surface area contributed by atoms with Crippen molar-refractivity contribution in [3.8, 4) is 5.75 Å². The summed E-state index contributed by atoms with van der Waals surface area (Å²) in [6, 6.07) is 13.9. The molecule has 6 nitrogen and oxygen atoms in total. The zero-order valence-corrected chi connectivity index (χ0v) is 19.0. The third-order valence-electron chi connectivity index (χ3n) is 4.81. The maximum absolute atomic E-state index is 12.5. The molecule has 0 bridgehead atoms. The molecule has 1 amide bonds. The second-order valence-corrected chi connectivity index (χ2v) is 8.15. The van der Waals surface area contributed by atoms with E-state index in [1.807, 2.05) is 54.8 Å². The molecule has 0 atom stereocenters. The van der Waals surface area contributed by atoms with Crippen molar-refractivity contribution >= 4 is 23.4 Å². The van der Waals surface area contributed by atoms with Crippen LogP contribution in [0.25, 0.3) is 0 Å². The van der Waals surface area contributed by atoms with Crippen LogP contribution in [0.4, 0.5) is 5.69 Å². The lowest BCUT2D eigenvalue weighted by atomic mass is 10.1. The number of para-hydroxylation sites is 1. The van der Waals surface area contributed by atoms with Gasteiger partial charge in [0.05, 0.1) is 5.75 Å². The normalized spacial score (nSPS) is 10.7. The van der Waals surface area contributed by atoms with Gasteiger partial charge in [0, 0.05) is 12.2 Å². The van der Waals surface area contributed by atoms with Crippen molar-refractivity contribution in [3.63, 3.8) is 0 Å². The summed E-state index contributed by atoms with van der Waals surface area (Å²) in [7, 11) is 0. The predicted molar refractivity (Wildman–Crippen MR) is 126 cm³/mol. The fraction of sp³-hybridized carbons (Fsp3) is 0.292. The van der Waals surface area contributed by atoms with Gasteiger partial charge in [-0.1, -0.05) is 55.1 Å². The van der Waals surface area contributed by atoms with Crippen molar-refractivity contribution in [2.24, 2.45) is 0 Å². The number of rotatable bonds is 10. The van der Waals surface area contributed by atoms with Crippen LogP contribution in [0.1, 0.15) is 29.4 Å². The summed E-state index contributed by atoms with van der Waals surface area (Å²) in [6.45, 7) is 10.8. The van der Waals surface area contributed by atoms with Gasteiger partial charge in [0.25, 0.3) is 0 Å². The fourth-order valence-electron chi connectivity index (χ4n) is 3.12. The summed E-state index contributed by atoms with van der Waals surface area (Å²) in [5, 5.41) is 12.2. The van der Waals surface area contributed by atoms with Crippen molar-refractivity contribution in [1.82, 2.24) is 14.8 Å². The number of nitrogens with zero attached hydrogens (tertiary/aromatic N) is 3. The zero-order chi connectivity index (χ0) is 22.2. The molecule has 0 spiro atoms. The van der Waals surface area contributed by atoms with E-state index in [2.05, 4.69) is 35.1 Å². The molecule has 1 heterocycles. The molecule has 2 aromatic carbocycles. The fourth-order valence-corrected chi connectivity index (χ4v) is 3.88. The molecule has 0 fully saturated rings. The molecule has 7 heteroatoms. The quantitative estimate of drug-likeness (QED) is 0.360. The van der Waals surface area contributed by atoms with Crippen LogP contribution in [-0.2, 0) is 24.4 Å². The van der Waals surface area contributed by atoms with Gasteiger partial charge in [-0.15, -0.1) is 16.8 Å². The van der Waals surface area contributed by atoms with E-state index >= 15 is 0 Å². The van der Waals surface area contributed by atoms with Gasteiger partial charge in [0.2, 0.25) is 5.91 Å². The average molecular weight is 437 g/mol. The number of hydrogen-bond acceptors (Lipinski definition) is 5. The minimum Gasteiger partial charge on any atom is -0.485 e. The molecule has 3 aromatic rings. The molecule has 0 saturated carbocycles. The lowest BCUT2D eigenvalue weighted by Crippen LogP contribution is -2.16. The van der Waals surface area contributed by atoms with E-state index in [0.717, 1.165) is 34.5 Å². The Hall–Kier alpha value is -3.06. The van der Waals surface area contributed by atoms with Gasteiger partial charge in [0.15, 0.2) is 11.0 Å². The second-order valence-electron chi connectivity index (χ2n) is 7.20. The number of aromatic nitrogens is 3. The number of amides is 1. The number of anilines is 1. The molecule has 3 rings (SSSR count). The van der Waals surface area contributed by atoms with Crippen molar-refractivity contribution < 1.29 is 9.53 Å². The highest BCUT2D eigenvalue weighted by Gasteiger charge is 2.15. The number of thioether (sulfide) groups is 1. The Bertz CT molecular complexity index is 1060. The van der Waals surface area contributed by atoms with Crippen molar-refractivity contribution in [1.29, 1.82) is 0 Å². The highest BCUT2D eigenvalue weighted by atomic mass is 32.2.